The van der Waals surface area contributed by atoms with Crippen LogP contribution in [-0.4, -0.2) is 46.8 Å². The normalized spacial score (nSPS) is 11.9. The highest BCUT2D eigenvalue weighted by molar-refractivity contribution is 7.89. The maximum absolute atomic E-state index is 14.1. The van der Waals surface area contributed by atoms with Crippen LogP contribution in [0, 0.1) is 5.21 Å². The Morgan fingerprint density at radius 1 is 0.686 bits per heavy atom. The molecule has 17 heteroatoms. The molecule has 15 nitrogen and oxygen atoms in total. The second-order valence-electron chi connectivity index (χ2n) is 10.9. The number of nitrogens with zero attached hydrogens (tertiary/aromatic N) is 2. The number of rotatable bonds is 16. The average Bonchev–Trinajstić information content (AvgIpc) is 3.09. The van der Waals surface area contributed by atoms with Crippen LogP contribution in [0.3, 0.4) is 0 Å². The summed E-state index contributed by atoms with van der Waals surface area (Å²) in [6, 6.07) is 19.4. The summed E-state index contributed by atoms with van der Waals surface area (Å²) in [7, 11) is -9.35. The van der Waals surface area contributed by atoms with Crippen LogP contribution in [0.2, 0.25) is 0 Å². The van der Waals surface area contributed by atoms with Crippen LogP contribution < -0.4 is 19.8 Å². The highest BCUT2D eigenvalue weighted by Crippen LogP contribution is 2.43. The molecule has 4 N–H and O–H groups in total. The maximum Gasteiger partial charge on any atom is 0.338 e. The van der Waals surface area contributed by atoms with Crippen LogP contribution in [0.15, 0.2) is 99.8 Å². The van der Waals surface area contributed by atoms with Gasteiger partial charge in [-0.2, -0.15) is 0 Å². The molecule has 0 radical (unpaired) electrons. The molecule has 0 heterocycles. The van der Waals surface area contributed by atoms with Gasteiger partial charge < -0.3 is 24.2 Å². The lowest BCUT2D eigenvalue weighted by Gasteiger charge is -2.16. The first-order valence-electron chi connectivity index (χ1n) is 15.6. The van der Waals surface area contributed by atoms with Crippen molar-refractivity contribution in [1.29, 1.82) is 0 Å². The number of primary sulfonamides is 2. The van der Waals surface area contributed by atoms with Gasteiger partial charge in [0.05, 0.1) is 24.3 Å². The van der Waals surface area contributed by atoms with E-state index in [1.54, 1.807) is 36.4 Å². The van der Waals surface area contributed by atoms with Crippen molar-refractivity contribution in [2.24, 2.45) is 15.4 Å². The van der Waals surface area contributed by atoms with Gasteiger partial charge in [0.15, 0.2) is 11.4 Å². The molecule has 4 aromatic rings. The minimum atomic E-state index is -4.69. The minimum absolute atomic E-state index is 0.000772. The molecule has 4 aromatic carbocycles. The van der Waals surface area contributed by atoms with Gasteiger partial charge >= 0.3 is 11.9 Å². The number of carbonyl (C=O) groups is 2. The number of ether oxygens (including phenoxy) is 4. The van der Waals surface area contributed by atoms with E-state index in [0.29, 0.717) is 25.7 Å². The van der Waals surface area contributed by atoms with E-state index in [1.807, 2.05) is 13.8 Å². The molecule has 51 heavy (non-hydrogen) atoms. The topological polar surface area (TPSA) is 230 Å². The van der Waals surface area contributed by atoms with Gasteiger partial charge in [0.25, 0.3) is 5.69 Å². The smallest absolute Gasteiger partial charge is 0.338 e. The molecule has 0 aromatic heterocycles. The summed E-state index contributed by atoms with van der Waals surface area (Å²) in [5.74, 6) is -2.92. The number of hydrogen-bond donors (Lipinski definition) is 2. The summed E-state index contributed by atoms with van der Waals surface area (Å²) >= 11 is 0. The number of hydrogen-bond acceptors (Lipinski definition) is 12. The zero-order valence-corrected chi connectivity index (χ0v) is 29.3. The first-order valence-corrected chi connectivity index (χ1v) is 18.7. The highest BCUT2D eigenvalue weighted by atomic mass is 32.2. The van der Waals surface area contributed by atoms with Gasteiger partial charge in [0.1, 0.15) is 21.3 Å². The van der Waals surface area contributed by atoms with Gasteiger partial charge in [0.2, 0.25) is 25.8 Å². The molecule has 0 aliphatic carbocycles. The van der Waals surface area contributed by atoms with E-state index in [9.17, 15) is 31.6 Å². The molecule has 0 saturated heterocycles. The molecule has 0 bridgehead atoms. The Hall–Kier alpha value is -5.36. The molecule has 0 spiro atoms. The van der Waals surface area contributed by atoms with Gasteiger partial charge in [-0.3, -0.25) is 0 Å². The number of para-hydroxylation sites is 2. The Morgan fingerprint density at radius 3 is 1.57 bits per heavy atom. The van der Waals surface area contributed by atoms with E-state index in [1.165, 1.54) is 24.3 Å². The number of benzene rings is 4. The van der Waals surface area contributed by atoms with Crippen molar-refractivity contribution in [2.45, 2.75) is 49.3 Å². The largest absolute Gasteiger partial charge is 0.594 e. The summed E-state index contributed by atoms with van der Waals surface area (Å²) in [4.78, 5) is 24.5. The maximum atomic E-state index is 14.1. The summed E-state index contributed by atoms with van der Waals surface area (Å²) in [5, 5.41) is 29.2. The van der Waals surface area contributed by atoms with Crippen molar-refractivity contribution in [3.05, 3.63) is 101 Å². The number of unbranched alkanes of at least 4 members (excludes halogenated alkanes) is 2. The van der Waals surface area contributed by atoms with E-state index in [2.05, 4.69) is 5.11 Å². The number of esters is 2. The second-order valence-corrected chi connectivity index (χ2v) is 14.0. The van der Waals surface area contributed by atoms with Gasteiger partial charge in [-0.05, 0) is 60.2 Å². The van der Waals surface area contributed by atoms with E-state index in [0.717, 1.165) is 24.3 Å². The molecular formula is C34H36N4O11S2. The fraction of sp³-hybridized carbons (Fsp3) is 0.235. The third kappa shape index (κ3) is 10.3. The van der Waals surface area contributed by atoms with Crippen LogP contribution in [0.5, 0.6) is 23.0 Å². The van der Waals surface area contributed by atoms with Crippen LogP contribution >= 0.6 is 0 Å². The lowest BCUT2D eigenvalue weighted by atomic mass is 10.1. The Labute approximate surface area is 295 Å². The van der Waals surface area contributed by atoms with Crippen LogP contribution in [0.25, 0.3) is 0 Å². The van der Waals surface area contributed by atoms with Crippen molar-refractivity contribution in [2.75, 3.05) is 13.2 Å². The molecule has 0 unspecified atom stereocenters. The Bertz CT molecular complexity index is 2130. The quantitative estimate of drug-likeness (QED) is 0.0419. The number of sulfonamides is 2. The van der Waals surface area contributed by atoms with Crippen molar-refractivity contribution in [1.82, 2.24) is 0 Å². The predicted octanol–water partition coefficient (Wildman–Crippen LogP) is 6.41. The lowest BCUT2D eigenvalue weighted by molar-refractivity contribution is -0.436. The number of azo groups is 1. The molecule has 0 aliphatic rings. The van der Waals surface area contributed by atoms with E-state index < -0.39 is 64.6 Å². The standard InChI is InChI=1S/C34H36N4O11S2/c1-3-5-17-46-33(39)23-19-27(31(29(21-23)50(35,42)43)48-25-13-9-7-10-14-25)37-38(41)28-20-24(34(40)47-18-6-4-2)22-30(51(36,44)45)32(28)49-26-15-11-8-12-16-26/h7-16,19-22H,3-6,17-18H2,1-2H3,(H2,35,42,43)(H2,36,44,45). The van der Waals surface area contributed by atoms with Gasteiger partial charge in [-0.25, -0.2) is 36.7 Å². The van der Waals surface area contributed by atoms with Crippen molar-refractivity contribution in [3.63, 3.8) is 0 Å². The number of nitrogens with two attached hydrogens (primary N) is 2. The van der Waals surface area contributed by atoms with Gasteiger partial charge in [0, 0.05) is 11.2 Å². The Kier molecular flexibility index (Phi) is 12.8. The molecule has 0 aliphatic heterocycles. The third-order valence-electron chi connectivity index (χ3n) is 6.95. The molecule has 4 rings (SSSR count). The first-order chi connectivity index (χ1) is 24.2. The fourth-order valence-corrected chi connectivity index (χ4v) is 5.80. The summed E-state index contributed by atoms with van der Waals surface area (Å²) in [6.07, 6.45) is 2.41. The van der Waals surface area contributed by atoms with E-state index >= 15 is 0 Å². The Balaban J connectivity index is 2.03. The van der Waals surface area contributed by atoms with Crippen LogP contribution in [0.1, 0.15) is 60.2 Å². The van der Waals surface area contributed by atoms with Crippen molar-refractivity contribution < 1.29 is 50.2 Å². The van der Waals surface area contributed by atoms with Crippen molar-refractivity contribution in [3.8, 4) is 23.0 Å². The monoisotopic (exact) mass is 740 g/mol. The zero-order chi connectivity index (χ0) is 37.2. The molecular weight excluding hydrogens is 705 g/mol. The zero-order valence-electron chi connectivity index (χ0n) is 27.7. The average molecular weight is 741 g/mol. The van der Waals surface area contributed by atoms with Crippen LogP contribution in [0.4, 0.5) is 11.4 Å². The molecule has 270 valence electrons. The second kappa shape index (κ2) is 17.0. The summed E-state index contributed by atoms with van der Waals surface area (Å²) in [6.45, 7) is 3.76. The molecule has 0 saturated carbocycles. The molecule has 0 amide bonds. The minimum Gasteiger partial charge on any atom is -0.594 e. The lowest BCUT2D eigenvalue weighted by Crippen LogP contribution is -2.16. The molecule has 0 fully saturated rings. The summed E-state index contributed by atoms with van der Waals surface area (Å²) in [5.41, 5.74) is -1.93. The predicted molar refractivity (Wildman–Crippen MR) is 184 cm³/mol. The first kappa shape index (κ1) is 38.4. The third-order valence-corrected chi connectivity index (χ3v) is 8.78. The van der Waals surface area contributed by atoms with E-state index in [-0.39, 0.29) is 40.7 Å². The number of carbonyl (C=O) groups excluding carboxylic acids is 2. The summed E-state index contributed by atoms with van der Waals surface area (Å²) < 4.78 is 73.8. The SMILES string of the molecule is CCCCOC(=O)c1cc(N=[N+]([O-])c2cc(C(=O)OCCCC)cc(S(N)(=O)=O)c2Oc2ccccc2)c(Oc2ccccc2)c(S(N)(=O)=O)c1. The van der Waals surface area contributed by atoms with Gasteiger partial charge in [-0.15, -0.1) is 0 Å². The van der Waals surface area contributed by atoms with Crippen molar-refractivity contribution >= 4 is 43.4 Å². The molecule has 0 atom stereocenters. The van der Waals surface area contributed by atoms with Gasteiger partial charge in [-0.1, -0.05) is 63.1 Å². The Morgan fingerprint density at radius 2 is 1.12 bits per heavy atom. The van der Waals surface area contributed by atoms with Crippen LogP contribution in [-0.2, 0) is 29.5 Å². The highest BCUT2D eigenvalue weighted by Gasteiger charge is 2.31. The van der Waals surface area contributed by atoms with E-state index in [4.69, 9.17) is 29.2 Å². The fourth-order valence-electron chi connectivity index (χ4n) is 4.40.